The largest absolute Gasteiger partial charge is 0.240 e. The monoisotopic (exact) mass is 260 g/mol. The molecule has 0 aliphatic carbocycles. The maximum Gasteiger partial charge on any atom is 0.126 e. The van der Waals surface area contributed by atoms with Gasteiger partial charge >= 0.3 is 0 Å². The van der Waals surface area contributed by atoms with Crippen molar-refractivity contribution in [3.05, 3.63) is 16.5 Å². The van der Waals surface area contributed by atoms with Crippen LogP contribution in [0.1, 0.15) is 26.6 Å². The van der Waals surface area contributed by atoms with Crippen LogP contribution in [0.25, 0.3) is 0 Å². The highest BCUT2D eigenvalue weighted by atomic mass is 79.9. The lowest BCUT2D eigenvalue weighted by Gasteiger charge is -2.17. The van der Waals surface area contributed by atoms with Crippen LogP contribution in [0.3, 0.4) is 0 Å². The van der Waals surface area contributed by atoms with Gasteiger partial charge in [0.25, 0.3) is 0 Å². The maximum atomic E-state index is 4.36. The van der Waals surface area contributed by atoms with Crippen LogP contribution in [0.2, 0.25) is 0 Å². The minimum absolute atomic E-state index is 0.184. The van der Waals surface area contributed by atoms with Crippen LogP contribution >= 0.6 is 27.7 Å². The van der Waals surface area contributed by atoms with Gasteiger partial charge in [0.05, 0.1) is 4.47 Å². The topological polar surface area (TPSA) is 25.8 Å². The summed E-state index contributed by atoms with van der Waals surface area (Å²) in [6.07, 6.45) is 1.80. The summed E-state index contributed by atoms with van der Waals surface area (Å²) in [6, 6.07) is 0. The fourth-order valence-corrected chi connectivity index (χ4v) is 2.14. The van der Waals surface area contributed by atoms with Crippen LogP contribution in [0, 0.1) is 6.92 Å². The van der Waals surface area contributed by atoms with E-state index < -0.39 is 0 Å². The van der Waals surface area contributed by atoms with Gasteiger partial charge in [-0.2, -0.15) is 0 Å². The highest BCUT2D eigenvalue weighted by Gasteiger charge is 2.15. The van der Waals surface area contributed by atoms with Gasteiger partial charge in [0.1, 0.15) is 10.9 Å². The second-order valence-electron chi connectivity index (χ2n) is 3.78. The van der Waals surface area contributed by atoms with Gasteiger partial charge in [-0.3, -0.25) is 0 Å². The summed E-state index contributed by atoms with van der Waals surface area (Å²) in [5.74, 6) is 0.815. The molecule has 0 amide bonds. The first-order valence-corrected chi connectivity index (χ1v) is 5.67. The van der Waals surface area contributed by atoms with E-state index in [1.807, 2.05) is 6.92 Å². The van der Waals surface area contributed by atoms with E-state index >= 15 is 0 Å². The molecule has 1 aromatic heterocycles. The van der Waals surface area contributed by atoms with Crippen LogP contribution < -0.4 is 0 Å². The number of nitrogens with zero attached hydrogens (tertiary/aromatic N) is 2. The van der Waals surface area contributed by atoms with E-state index in [0.29, 0.717) is 0 Å². The smallest absolute Gasteiger partial charge is 0.126 e. The fraction of sp³-hybridized carbons (Fsp3) is 0.556. The molecule has 0 unspecified atom stereocenters. The Bertz CT molecular complexity index is 307. The van der Waals surface area contributed by atoms with Gasteiger partial charge in [-0.1, -0.05) is 32.5 Å². The first-order valence-electron chi connectivity index (χ1n) is 4.06. The number of hydrogen-bond acceptors (Lipinski definition) is 3. The summed E-state index contributed by atoms with van der Waals surface area (Å²) < 4.78 is 1.15. The second kappa shape index (κ2) is 3.96. The number of aryl methyl sites for hydroxylation is 1. The third-order valence-electron chi connectivity index (χ3n) is 1.24. The average Bonchev–Trinajstić information content (AvgIpc) is 1.94. The zero-order chi connectivity index (χ0) is 10.1. The van der Waals surface area contributed by atoms with Crippen molar-refractivity contribution in [3.63, 3.8) is 0 Å². The second-order valence-corrected chi connectivity index (χ2v) is 6.45. The molecule has 0 atom stereocenters. The number of thioether (sulfide) groups is 1. The van der Waals surface area contributed by atoms with Crippen molar-refractivity contribution >= 4 is 27.7 Å². The van der Waals surface area contributed by atoms with E-state index in [1.54, 1.807) is 18.0 Å². The summed E-state index contributed by atoms with van der Waals surface area (Å²) in [6.45, 7) is 8.41. The summed E-state index contributed by atoms with van der Waals surface area (Å²) in [5, 5.41) is 1.01. The van der Waals surface area contributed by atoms with Gasteiger partial charge in [0.2, 0.25) is 0 Å². The van der Waals surface area contributed by atoms with Crippen LogP contribution in [-0.4, -0.2) is 14.7 Å². The molecule has 0 saturated carbocycles. The zero-order valence-electron chi connectivity index (χ0n) is 8.26. The van der Waals surface area contributed by atoms with Crippen molar-refractivity contribution in [1.82, 2.24) is 9.97 Å². The molecular weight excluding hydrogens is 248 g/mol. The molecule has 13 heavy (non-hydrogen) atoms. The molecule has 0 aromatic carbocycles. The molecule has 0 bridgehead atoms. The lowest BCUT2D eigenvalue weighted by Crippen LogP contribution is -2.08. The number of halogens is 1. The van der Waals surface area contributed by atoms with Gasteiger partial charge < -0.3 is 0 Å². The van der Waals surface area contributed by atoms with Crippen molar-refractivity contribution in [1.29, 1.82) is 0 Å². The SMILES string of the molecule is Cc1ncc(Br)c(SC(C)(C)C)n1. The molecule has 0 saturated heterocycles. The molecule has 0 radical (unpaired) electrons. The number of aromatic nitrogens is 2. The van der Waals surface area contributed by atoms with Crippen molar-refractivity contribution < 1.29 is 0 Å². The fourth-order valence-electron chi connectivity index (χ4n) is 0.796. The zero-order valence-corrected chi connectivity index (χ0v) is 10.7. The van der Waals surface area contributed by atoms with Crippen molar-refractivity contribution in [2.45, 2.75) is 37.5 Å². The average molecular weight is 261 g/mol. The Morgan fingerprint density at radius 1 is 1.38 bits per heavy atom. The summed E-state index contributed by atoms with van der Waals surface area (Å²) >= 11 is 5.18. The Morgan fingerprint density at radius 2 is 2.00 bits per heavy atom. The Hall–Kier alpha value is -0.0900. The predicted octanol–water partition coefficient (Wildman–Crippen LogP) is 3.44. The van der Waals surface area contributed by atoms with Gasteiger partial charge in [0.15, 0.2) is 0 Å². The van der Waals surface area contributed by atoms with E-state index in [4.69, 9.17) is 0 Å². The van der Waals surface area contributed by atoms with Gasteiger partial charge in [-0.05, 0) is 22.9 Å². The molecule has 2 nitrogen and oxygen atoms in total. The minimum Gasteiger partial charge on any atom is -0.240 e. The lowest BCUT2D eigenvalue weighted by atomic mass is 10.3. The third-order valence-corrected chi connectivity index (χ3v) is 3.19. The molecule has 0 spiro atoms. The third kappa shape index (κ3) is 3.65. The maximum absolute atomic E-state index is 4.36. The quantitative estimate of drug-likeness (QED) is 0.572. The van der Waals surface area contributed by atoms with E-state index in [9.17, 15) is 0 Å². The molecule has 1 heterocycles. The van der Waals surface area contributed by atoms with Gasteiger partial charge in [-0.15, -0.1) is 0 Å². The van der Waals surface area contributed by atoms with Crippen LogP contribution in [0.5, 0.6) is 0 Å². The molecule has 0 N–H and O–H groups in total. The Morgan fingerprint density at radius 3 is 2.54 bits per heavy atom. The standard InChI is InChI=1S/C9H13BrN2S/c1-6-11-5-7(10)8(12-6)13-9(2,3)4/h5H,1-4H3. The van der Waals surface area contributed by atoms with Crippen molar-refractivity contribution in [2.75, 3.05) is 0 Å². The van der Waals surface area contributed by atoms with Gasteiger partial charge in [-0.25, -0.2) is 9.97 Å². The molecule has 72 valence electrons. The van der Waals surface area contributed by atoms with E-state index in [0.717, 1.165) is 15.3 Å². The lowest BCUT2D eigenvalue weighted by molar-refractivity contribution is 0.795. The van der Waals surface area contributed by atoms with E-state index in [-0.39, 0.29) is 4.75 Å². The highest BCUT2D eigenvalue weighted by molar-refractivity contribution is 9.10. The van der Waals surface area contributed by atoms with E-state index in [1.165, 1.54) is 0 Å². The summed E-state index contributed by atoms with van der Waals surface area (Å²) in [7, 11) is 0. The molecule has 1 aromatic rings. The number of hydrogen-bond donors (Lipinski definition) is 0. The first-order chi connectivity index (χ1) is 5.88. The molecule has 4 heteroatoms. The Balaban J connectivity index is 2.94. The Labute approximate surface area is 91.7 Å². The molecule has 1 rings (SSSR count). The van der Waals surface area contributed by atoms with Crippen LogP contribution in [0.4, 0.5) is 0 Å². The Kier molecular flexibility index (Phi) is 3.35. The molecule has 0 aliphatic heterocycles. The van der Waals surface area contributed by atoms with Gasteiger partial charge in [0, 0.05) is 10.9 Å². The van der Waals surface area contributed by atoms with Crippen molar-refractivity contribution in [3.8, 4) is 0 Å². The highest BCUT2D eigenvalue weighted by Crippen LogP contribution is 2.34. The number of rotatable bonds is 1. The predicted molar refractivity (Wildman–Crippen MR) is 60.1 cm³/mol. The molecule has 0 aliphatic rings. The van der Waals surface area contributed by atoms with Crippen LogP contribution in [-0.2, 0) is 0 Å². The minimum atomic E-state index is 0.184. The van der Waals surface area contributed by atoms with Crippen LogP contribution in [0.15, 0.2) is 15.7 Å². The van der Waals surface area contributed by atoms with E-state index in [2.05, 4.69) is 46.7 Å². The first kappa shape index (κ1) is 11.0. The molecular formula is C9H13BrN2S. The normalized spacial score (nSPS) is 11.8. The summed E-state index contributed by atoms with van der Waals surface area (Å²) in [5.41, 5.74) is 0. The molecule has 0 fully saturated rings. The summed E-state index contributed by atoms with van der Waals surface area (Å²) in [4.78, 5) is 8.46. The van der Waals surface area contributed by atoms with Crippen molar-refractivity contribution in [2.24, 2.45) is 0 Å².